The van der Waals surface area contributed by atoms with Gasteiger partial charge in [0, 0.05) is 16.0 Å². The second kappa shape index (κ2) is 11.2. The molecule has 0 bridgehead atoms. The summed E-state index contributed by atoms with van der Waals surface area (Å²) in [5.74, 6) is 1.32. The van der Waals surface area contributed by atoms with E-state index in [9.17, 15) is 18.0 Å². The number of methoxy groups -OCH3 is 1. The van der Waals surface area contributed by atoms with E-state index in [1.165, 1.54) is 12.1 Å². The predicted octanol–water partition coefficient (Wildman–Crippen LogP) is 7.37. The number of hydrogen-bond donors (Lipinski definition) is 0. The number of ether oxygens (including phenoxy) is 3. The Bertz CT molecular complexity index is 1480. The summed E-state index contributed by atoms with van der Waals surface area (Å²) in [5.41, 5.74) is 1.62. The molecule has 0 N–H and O–H groups in total. The fourth-order valence-electron chi connectivity index (χ4n) is 3.91. The summed E-state index contributed by atoms with van der Waals surface area (Å²) in [6.45, 7) is 7.12. The molecule has 0 aliphatic heterocycles. The molecule has 6 nitrogen and oxygen atoms in total. The maximum atomic E-state index is 13.0. The first-order valence-electron chi connectivity index (χ1n) is 12.2. The zero-order chi connectivity index (χ0) is 28.4. The van der Waals surface area contributed by atoms with Gasteiger partial charge >= 0.3 is 12.1 Å². The number of benzene rings is 3. The van der Waals surface area contributed by atoms with Crippen molar-refractivity contribution in [3.05, 3.63) is 77.5 Å². The van der Waals surface area contributed by atoms with E-state index in [-0.39, 0.29) is 6.61 Å². The highest BCUT2D eigenvalue weighted by Crippen LogP contribution is 2.34. The summed E-state index contributed by atoms with van der Waals surface area (Å²) < 4.78 is 57.1. The molecule has 1 aromatic heterocycles. The summed E-state index contributed by atoms with van der Waals surface area (Å²) >= 11 is 1.56. The highest BCUT2D eigenvalue weighted by Gasteiger charge is 2.30. The molecule has 4 aromatic rings. The zero-order valence-corrected chi connectivity index (χ0v) is 23.1. The molecule has 0 aliphatic rings. The molecule has 39 heavy (non-hydrogen) atoms. The van der Waals surface area contributed by atoms with Crippen LogP contribution in [0.2, 0.25) is 0 Å². The van der Waals surface area contributed by atoms with Crippen molar-refractivity contribution < 1.29 is 32.2 Å². The van der Waals surface area contributed by atoms with Crippen LogP contribution in [0.3, 0.4) is 0 Å². The number of thioether (sulfide) groups is 1. The molecule has 0 unspecified atom stereocenters. The summed E-state index contributed by atoms with van der Waals surface area (Å²) in [6, 6.07) is 16.1. The standard InChI is InChI=1S/C29H29F3N2O4S/c1-18-14-22(11-13-26(18)37-16-27(35)38-28(2,3)4)39-17-24-23-15-21(36-5)10-12-25(23)34(33-24)20-8-6-19(7-9-20)29(30,31)32/h6-15H,16-17H2,1-5H3. The van der Waals surface area contributed by atoms with Gasteiger partial charge in [-0.05, 0) is 93.9 Å². The van der Waals surface area contributed by atoms with Gasteiger partial charge in [0.25, 0.3) is 0 Å². The number of rotatable bonds is 8. The lowest BCUT2D eigenvalue weighted by atomic mass is 10.2. The Hall–Kier alpha value is -3.66. The Balaban J connectivity index is 1.53. The first-order valence-corrected chi connectivity index (χ1v) is 13.1. The summed E-state index contributed by atoms with van der Waals surface area (Å²) in [5, 5.41) is 5.59. The minimum Gasteiger partial charge on any atom is -0.497 e. The van der Waals surface area contributed by atoms with Gasteiger partial charge in [-0.15, -0.1) is 11.8 Å². The smallest absolute Gasteiger partial charge is 0.416 e. The van der Waals surface area contributed by atoms with Crippen LogP contribution < -0.4 is 9.47 Å². The average molecular weight is 559 g/mol. The third-order valence-corrected chi connectivity index (χ3v) is 6.70. The van der Waals surface area contributed by atoms with E-state index in [0.29, 0.717) is 22.9 Å². The summed E-state index contributed by atoms with van der Waals surface area (Å²) in [4.78, 5) is 12.9. The molecule has 0 spiro atoms. The van der Waals surface area contributed by atoms with Crippen LogP contribution in [0.5, 0.6) is 11.5 Å². The van der Waals surface area contributed by atoms with Crippen molar-refractivity contribution >= 4 is 28.6 Å². The number of nitrogens with zero attached hydrogens (tertiary/aromatic N) is 2. The molecule has 0 fully saturated rings. The van der Waals surface area contributed by atoms with Crippen molar-refractivity contribution in [2.24, 2.45) is 0 Å². The van der Waals surface area contributed by atoms with E-state index >= 15 is 0 Å². The van der Waals surface area contributed by atoms with Crippen LogP contribution in [0.1, 0.15) is 37.6 Å². The number of fused-ring (bicyclic) bond motifs is 1. The number of alkyl halides is 3. The largest absolute Gasteiger partial charge is 0.497 e. The van der Waals surface area contributed by atoms with Gasteiger partial charge in [-0.2, -0.15) is 18.3 Å². The minimum atomic E-state index is -4.41. The Morgan fingerprint density at radius 2 is 1.72 bits per heavy atom. The number of halogens is 3. The lowest BCUT2D eigenvalue weighted by molar-refractivity contribution is -0.157. The van der Waals surface area contributed by atoms with Crippen LogP contribution in [0.25, 0.3) is 16.6 Å². The van der Waals surface area contributed by atoms with Crippen molar-refractivity contribution in [3.63, 3.8) is 0 Å². The Morgan fingerprint density at radius 1 is 1.00 bits per heavy atom. The molecule has 1 heterocycles. The number of esters is 1. The maximum Gasteiger partial charge on any atom is 0.416 e. The number of hydrogen-bond acceptors (Lipinski definition) is 6. The van der Waals surface area contributed by atoms with Crippen molar-refractivity contribution in [3.8, 4) is 17.2 Å². The maximum absolute atomic E-state index is 13.0. The number of aromatic nitrogens is 2. The molecule has 0 saturated carbocycles. The lowest BCUT2D eigenvalue weighted by Crippen LogP contribution is -2.27. The first-order chi connectivity index (χ1) is 18.3. The van der Waals surface area contributed by atoms with Crippen LogP contribution >= 0.6 is 11.8 Å². The molecule has 0 atom stereocenters. The molecular formula is C29H29F3N2O4S. The Kier molecular flexibility index (Phi) is 8.15. The van der Waals surface area contributed by atoms with Crippen molar-refractivity contribution in [1.29, 1.82) is 0 Å². The van der Waals surface area contributed by atoms with E-state index in [0.717, 1.165) is 39.2 Å². The fourth-order valence-corrected chi connectivity index (χ4v) is 4.86. The number of carbonyl (C=O) groups is 1. The van der Waals surface area contributed by atoms with Crippen LogP contribution in [0.15, 0.2) is 65.6 Å². The predicted molar refractivity (Wildman–Crippen MR) is 145 cm³/mol. The molecular weight excluding hydrogens is 529 g/mol. The molecule has 4 rings (SSSR count). The number of aryl methyl sites for hydroxylation is 1. The highest BCUT2D eigenvalue weighted by atomic mass is 32.2. The molecule has 10 heteroatoms. The highest BCUT2D eigenvalue weighted by molar-refractivity contribution is 7.98. The van der Waals surface area contributed by atoms with Gasteiger partial charge in [-0.1, -0.05) is 0 Å². The minimum absolute atomic E-state index is 0.181. The van der Waals surface area contributed by atoms with E-state index in [1.54, 1.807) is 50.4 Å². The normalized spacial score (nSPS) is 12.0. The second-order valence-corrected chi connectivity index (χ2v) is 10.9. The molecule has 3 aromatic carbocycles. The van der Waals surface area contributed by atoms with Crippen LogP contribution in [-0.2, 0) is 21.5 Å². The topological polar surface area (TPSA) is 62.6 Å². The van der Waals surface area contributed by atoms with Crippen molar-refractivity contribution in [2.45, 2.75) is 50.1 Å². The SMILES string of the molecule is COc1ccc2c(c1)c(CSc1ccc(OCC(=O)OC(C)(C)C)c(C)c1)nn2-c1ccc(C(F)(F)F)cc1. The van der Waals surface area contributed by atoms with E-state index < -0.39 is 23.3 Å². The Labute approximate surface area is 229 Å². The van der Waals surface area contributed by atoms with Gasteiger partial charge < -0.3 is 14.2 Å². The van der Waals surface area contributed by atoms with E-state index in [1.807, 2.05) is 37.3 Å². The third-order valence-electron chi connectivity index (χ3n) is 5.69. The molecule has 0 aliphatic carbocycles. The number of carbonyl (C=O) groups excluding carboxylic acids is 1. The van der Waals surface area contributed by atoms with E-state index in [2.05, 4.69) is 0 Å². The van der Waals surface area contributed by atoms with Gasteiger partial charge in [0.1, 0.15) is 17.1 Å². The van der Waals surface area contributed by atoms with Crippen LogP contribution in [-0.4, -0.2) is 35.1 Å². The molecule has 206 valence electrons. The summed E-state index contributed by atoms with van der Waals surface area (Å²) in [6.07, 6.45) is -4.41. The zero-order valence-electron chi connectivity index (χ0n) is 22.3. The van der Waals surface area contributed by atoms with Crippen LogP contribution in [0.4, 0.5) is 13.2 Å². The third kappa shape index (κ3) is 7.06. The summed E-state index contributed by atoms with van der Waals surface area (Å²) in [7, 11) is 1.57. The Morgan fingerprint density at radius 3 is 2.33 bits per heavy atom. The molecule has 0 radical (unpaired) electrons. The van der Waals surface area contributed by atoms with Crippen molar-refractivity contribution in [2.75, 3.05) is 13.7 Å². The van der Waals surface area contributed by atoms with Gasteiger partial charge in [0.2, 0.25) is 0 Å². The van der Waals surface area contributed by atoms with Gasteiger partial charge in [0.05, 0.1) is 29.6 Å². The van der Waals surface area contributed by atoms with Gasteiger partial charge in [-0.25, -0.2) is 9.48 Å². The van der Waals surface area contributed by atoms with Gasteiger partial charge in [0.15, 0.2) is 6.61 Å². The van der Waals surface area contributed by atoms with E-state index in [4.69, 9.17) is 19.3 Å². The van der Waals surface area contributed by atoms with Gasteiger partial charge in [-0.3, -0.25) is 0 Å². The first kappa shape index (κ1) is 28.4. The quantitative estimate of drug-likeness (QED) is 0.166. The molecule has 0 amide bonds. The average Bonchev–Trinajstić information content (AvgIpc) is 3.23. The van der Waals surface area contributed by atoms with Crippen molar-refractivity contribution in [1.82, 2.24) is 9.78 Å². The lowest BCUT2D eigenvalue weighted by Gasteiger charge is -2.19. The monoisotopic (exact) mass is 558 g/mol. The molecule has 0 saturated heterocycles. The fraction of sp³-hybridized carbons (Fsp3) is 0.310. The van der Waals surface area contributed by atoms with Crippen LogP contribution in [0, 0.1) is 6.92 Å². The second-order valence-electron chi connectivity index (χ2n) is 9.88.